The third-order valence-corrected chi connectivity index (χ3v) is 4.92. The minimum Gasteiger partial charge on any atom is -0.350 e. The first kappa shape index (κ1) is 12.4. The fraction of sp³-hybridized carbons (Fsp3) is 0.583. The zero-order valence-electron chi connectivity index (χ0n) is 10.1. The van der Waals surface area contributed by atoms with Crippen molar-refractivity contribution < 1.29 is 4.79 Å². The van der Waals surface area contributed by atoms with Crippen LogP contribution in [-0.2, 0) is 0 Å². The van der Waals surface area contributed by atoms with Crippen LogP contribution in [0, 0.1) is 0 Å². The fourth-order valence-corrected chi connectivity index (χ4v) is 3.61. The van der Waals surface area contributed by atoms with Crippen molar-refractivity contribution in [1.82, 2.24) is 15.1 Å². The maximum Gasteiger partial charge on any atom is 0.261 e. The molecule has 0 aromatic carbocycles. The Balaban J connectivity index is 1.54. The molecule has 4 heterocycles. The van der Waals surface area contributed by atoms with E-state index in [4.69, 9.17) is 11.6 Å². The highest BCUT2D eigenvalue weighted by Gasteiger charge is 2.31. The van der Waals surface area contributed by atoms with E-state index in [1.54, 1.807) is 12.1 Å². The lowest BCUT2D eigenvalue weighted by atomic mass is 10.1. The van der Waals surface area contributed by atoms with E-state index in [2.05, 4.69) is 15.1 Å². The Kier molecular flexibility index (Phi) is 3.56. The van der Waals surface area contributed by atoms with Crippen molar-refractivity contribution in [3.63, 3.8) is 0 Å². The number of hydrogen-bond donors (Lipinski definition) is 1. The van der Waals surface area contributed by atoms with E-state index >= 15 is 0 Å². The summed E-state index contributed by atoms with van der Waals surface area (Å²) in [5.74, 6) is -0.00968. The molecule has 1 aromatic heterocycles. The molecule has 3 aliphatic rings. The number of fused-ring (bicyclic) bond motifs is 3. The number of carbonyl (C=O) groups is 1. The SMILES string of the molecule is O=C(NCC1CN2CCN1CC2)c1ccc(Cl)s1. The Morgan fingerprint density at radius 1 is 1.39 bits per heavy atom. The molecule has 1 aromatic rings. The maximum atomic E-state index is 11.9. The molecule has 3 aliphatic heterocycles. The van der Waals surface area contributed by atoms with Gasteiger partial charge in [0.25, 0.3) is 5.91 Å². The molecule has 2 bridgehead atoms. The second-order valence-electron chi connectivity index (χ2n) is 4.80. The number of thiophene rings is 1. The van der Waals surface area contributed by atoms with Crippen LogP contribution in [-0.4, -0.2) is 61.0 Å². The van der Waals surface area contributed by atoms with Crippen molar-refractivity contribution in [1.29, 1.82) is 0 Å². The molecular formula is C12H16ClN3OS. The minimum atomic E-state index is -0.00968. The van der Waals surface area contributed by atoms with Crippen LogP contribution in [0.25, 0.3) is 0 Å². The Labute approximate surface area is 116 Å². The van der Waals surface area contributed by atoms with Crippen LogP contribution >= 0.6 is 22.9 Å². The van der Waals surface area contributed by atoms with Gasteiger partial charge in [-0.2, -0.15) is 0 Å². The van der Waals surface area contributed by atoms with E-state index in [9.17, 15) is 4.79 Å². The summed E-state index contributed by atoms with van der Waals surface area (Å²) in [7, 11) is 0. The summed E-state index contributed by atoms with van der Waals surface area (Å²) in [5.41, 5.74) is 0. The van der Waals surface area contributed by atoms with E-state index in [1.165, 1.54) is 24.4 Å². The topological polar surface area (TPSA) is 35.6 Å². The molecule has 4 rings (SSSR count). The van der Waals surface area contributed by atoms with E-state index in [1.807, 2.05) is 0 Å². The molecule has 0 aliphatic carbocycles. The van der Waals surface area contributed by atoms with Crippen LogP contribution in [0.5, 0.6) is 0 Å². The molecule has 1 unspecified atom stereocenters. The van der Waals surface area contributed by atoms with Gasteiger partial charge in [-0.25, -0.2) is 0 Å². The number of piperazine rings is 3. The molecule has 6 heteroatoms. The second kappa shape index (κ2) is 5.17. The van der Waals surface area contributed by atoms with Crippen LogP contribution in [0.3, 0.4) is 0 Å². The van der Waals surface area contributed by atoms with Gasteiger partial charge in [-0.1, -0.05) is 11.6 Å². The van der Waals surface area contributed by atoms with E-state index < -0.39 is 0 Å². The van der Waals surface area contributed by atoms with Crippen LogP contribution < -0.4 is 5.32 Å². The molecule has 0 radical (unpaired) electrons. The van der Waals surface area contributed by atoms with Gasteiger partial charge >= 0.3 is 0 Å². The summed E-state index contributed by atoms with van der Waals surface area (Å²) in [4.78, 5) is 17.6. The standard InChI is InChI=1S/C12H16ClN3OS/c13-11-2-1-10(18-11)12(17)14-7-9-8-15-3-5-16(9)6-4-15/h1-2,9H,3-8H2,(H,14,17). The zero-order chi connectivity index (χ0) is 12.5. The number of nitrogens with zero attached hydrogens (tertiary/aromatic N) is 2. The summed E-state index contributed by atoms with van der Waals surface area (Å²) < 4.78 is 0.659. The van der Waals surface area contributed by atoms with Crippen molar-refractivity contribution >= 4 is 28.8 Å². The van der Waals surface area contributed by atoms with Gasteiger partial charge in [-0.15, -0.1) is 11.3 Å². The molecule has 1 amide bonds. The van der Waals surface area contributed by atoms with Crippen LogP contribution in [0.2, 0.25) is 4.34 Å². The number of halogens is 1. The van der Waals surface area contributed by atoms with Gasteiger partial charge in [-0.3, -0.25) is 14.6 Å². The monoisotopic (exact) mass is 285 g/mol. The lowest BCUT2D eigenvalue weighted by molar-refractivity contribution is 0.0138. The van der Waals surface area contributed by atoms with Crippen LogP contribution in [0.1, 0.15) is 9.67 Å². The summed E-state index contributed by atoms with van der Waals surface area (Å²) in [6.45, 7) is 6.41. The lowest BCUT2D eigenvalue weighted by Gasteiger charge is -2.47. The summed E-state index contributed by atoms with van der Waals surface area (Å²) >= 11 is 7.16. The quantitative estimate of drug-likeness (QED) is 0.904. The average molecular weight is 286 g/mol. The van der Waals surface area contributed by atoms with Crippen LogP contribution in [0.4, 0.5) is 0 Å². The molecule has 98 valence electrons. The van der Waals surface area contributed by atoms with Crippen molar-refractivity contribution in [3.8, 4) is 0 Å². The van der Waals surface area contributed by atoms with Gasteiger partial charge in [0.2, 0.25) is 0 Å². The maximum absolute atomic E-state index is 11.9. The zero-order valence-corrected chi connectivity index (χ0v) is 11.6. The molecule has 0 saturated carbocycles. The van der Waals surface area contributed by atoms with Gasteiger partial charge < -0.3 is 5.32 Å². The number of nitrogens with one attached hydrogen (secondary N) is 1. The highest BCUT2D eigenvalue weighted by atomic mass is 35.5. The Morgan fingerprint density at radius 2 is 2.17 bits per heavy atom. The summed E-state index contributed by atoms with van der Waals surface area (Å²) in [6, 6.07) is 4.00. The number of hydrogen-bond acceptors (Lipinski definition) is 4. The first-order valence-electron chi connectivity index (χ1n) is 6.22. The van der Waals surface area contributed by atoms with Crippen molar-refractivity contribution in [2.75, 3.05) is 39.3 Å². The number of rotatable bonds is 3. The van der Waals surface area contributed by atoms with E-state index in [0.29, 0.717) is 15.3 Å². The highest BCUT2D eigenvalue weighted by Crippen LogP contribution is 2.21. The lowest BCUT2D eigenvalue weighted by Crippen LogP contribution is -2.63. The molecule has 3 saturated heterocycles. The van der Waals surface area contributed by atoms with Crippen molar-refractivity contribution in [2.45, 2.75) is 6.04 Å². The van der Waals surface area contributed by atoms with Gasteiger partial charge in [-0.05, 0) is 12.1 Å². The first-order chi connectivity index (χ1) is 8.72. The molecule has 4 nitrogen and oxygen atoms in total. The fourth-order valence-electron chi connectivity index (χ4n) is 2.65. The Morgan fingerprint density at radius 3 is 2.72 bits per heavy atom. The van der Waals surface area contributed by atoms with E-state index in [0.717, 1.165) is 26.2 Å². The van der Waals surface area contributed by atoms with E-state index in [-0.39, 0.29) is 5.91 Å². The van der Waals surface area contributed by atoms with Crippen molar-refractivity contribution in [2.24, 2.45) is 0 Å². The van der Waals surface area contributed by atoms with Crippen molar-refractivity contribution in [3.05, 3.63) is 21.3 Å². The third-order valence-electron chi connectivity index (χ3n) is 3.69. The summed E-state index contributed by atoms with van der Waals surface area (Å²) in [6.07, 6.45) is 0. The van der Waals surface area contributed by atoms with Gasteiger partial charge in [0.05, 0.1) is 9.21 Å². The largest absolute Gasteiger partial charge is 0.350 e. The third kappa shape index (κ3) is 2.54. The van der Waals surface area contributed by atoms with Gasteiger partial charge in [0.1, 0.15) is 0 Å². The van der Waals surface area contributed by atoms with Gasteiger partial charge in [0, 0.05) is 45.3 Å². The molecule has 0 spiro atoms. The average Bonchev–Trinajstić information content (AvgIpc) is 2.84. The predicted molar refractivity (Wildman–Crippen MR) is 73.5 cm³/mol. The number of amides is 1. The molecule has 1 N–H and O–H groups in total. The smallest absolute Gasteiger partial charge is 0.261 e. The summed E-state index contributed by atoms with van der Waals surface area (Å²) in [5, 5.41) is 3.01. The second-order valence-corrected chi connectivity index (χ2v) is 6.52. The molecule has 3 fully saturated rings. The minimum absolute atomic E-state index is 0.00968. The molecular weight excluding hydrogens is 270 g/mol. The Bertz CT molecular complexity index is 442. The molecule has 1 atom stereocenters. The highest BCUT2D eigenvalue weighted by molar-refractivity contribution is 7.17. The normalized spacial score (nSPS) is 30.4. The number of carbonyl (C=O) groups excluding carboxylic acids is 1. The van der Waals surface area contributed by atoms with Crippen LogP contribution in [0.15, 0.2) is 12.1 Å². The van der Waals surface area contributed by atoms with Gasteiger partial charge in [0.15, 0.2) is 0 Å². The first-order valence-corrected chi connectivity index (χ1v) is 7.42. The predicted octanol–water partition coefficient (Wildman–Crippen LogP) is 1.13. The molecule has 18 heavy (non-hydrogen) atoms. The Hall–Kier alpha value is -0.620.